The largest absolute Gasteiger partial charge is 0.289 e. The van der Waals surface area contributed by atoms with Crippen LogP contribution in [0.5, 0.6) is 0 Å². The number of hydrogen-bond acceptors (Lipinski definition) is 1. The Morgan fingerprint density at radius 1 is 0.667 bits per heavy atom. The van der Waals surface area contributed by atoms with Crippen molar-refractivity contribution >= 4 is 11.4 Å². The first kappa shape index (κ1) is 18.6. The number of carbonyl (C=O) groups is 1. The summed E-state index contributed by atoms with van der Waals surface area (Å²) >= 11 is 0. The molecule has 0 saturated carbocycles. The first-order chi connectivity index (χ1) is 13.1. The standard InChI is InChI=1S/C26H24O/c1-26(2,19-18-25(27)23-16-10-5-11-17-23)20-24(21-12-6-3-7-13-21)22-14-8-4-9-15-22/h3-20H,1-2H3/b19-18+. The van der Waals surface area contributed by atoms with Crippen LogP contribution in [-0.2, 0) is 0 Å². The van der Waals surface area contributed by atoms with E-state index in [0.717, 1.165) is 5.57 Å². The summed E-state index contributed by atoms with van der Waals surface area (Å²) in [5.74, 6) is 0.0260. The molecule has 0 aromatic heterocycles. The lowest BCUT2D eigenvalue weighted by Crippen LogP contribution is -2.06. The summed E-state index contributed by atoms with van der Waals surface area (Å²) in [5.41, 5.74) is 3.93. The zero-order chi connectivity index (χ0) is 19.1. The zero-order valence-electron chi connectivity index (χ0n) is 15.8. The van der Waals surface area contributed by atoms with Crippen LogP contribution in [-0.4, -0.2) is 5.78 Å². The molecule has 0 amide bonds. The van der Waals surface area contributed by atoms with Crippen molar-refractivity contribution in [3.05, 3.63) is 126 Å². The van der Waals surface area contributed by atoms with Crippen LogP contribution in [0, 0.1) is 5.41 Å². The van der Waals surface area contributed by atoms with E-state index in [1.54, 1.807) is 6.08 Å². The number of hydrogen-bond donors (Lipinski definition) is 0. The third kappa shape index (κ3) is 5.15. The number of ketones is 1. The fourth-order valence-corrected chi connectivity index (χ4v) is 2.98. The maximum Gasteiger partial charge on any atom is 0.185 e. The van der Waals surface area contributed by atoms with Gasteiger partial charge >= 0.3 is 0 Å². The Hall–Kier alpha value is -3.19. The normalized spacial score (nSPS) is 11.3. The molecule has 27 heavy (non-hydrogen) atoms. The quantitative estimate of drug-likeness (QED) is 0.361. The Labute approximate surface area is 161 Å². The topological polar surface area (TPSA) is 17.1 Å². The van der Waals surface area contributed by atoms with Gasteiger partial charge in [-0.3, -0.25) is 4.79 Å². The minimum absolute atomic E-state index is 0.0260. The molecule has 0 aliphatic rings. The maximum atomic E-state index is 12.4. The molecule has 1 heteroatoms. The van der Waals surface area contributed by atoms with Gasteiger partial charge in [0.1, 0.15) is 0 Å². The molecule has 0 radical (unpaired) electrons. The summed E-state index contributed by atoms with van der Waals surface area (Å²) in [6, 6.07) is 30.1. The monoisotopic (exact) mass is 352 g/mol. The lowest BCUT2D eigenvalue weighted by molar-refractivity contribution is 0.104. The average Bonchev–Trinajstić information content (AvgIpc) is 2.72. The van der Waals surface area contributed by atoms with Crippen molar-refractivity contribution in [2.24, 2.45) is 5.41 Å². The Kier molecular flexibility index (Phi) is 5.83. The van der Waals surface area contributed by atoms with Gasteiger partial charge in [-0.05, 0) is 22.8 Å². The molecule has 0 unspecified atom stereocenters. The highest BCUT2D eigenvalue weighted by Gasteiger charge is 2.15. The highest BCUT2D eigenvalue weighted by atomic mass is 16.1. The molecule has 0 atom stereocenters. The lowest BCUT2D eigenvalue weighted by Gasteiger charge is -2.19. The Balaban J connectivity index is 1.93. The molecule has 0 aliphatic carbocycles. The second-order valence-electron chi connectivity index (χ2n) is 7.18. The molecular weight excluding hydrogens is 328 g/mol. The van der Waals surface area contributed by atoms with Gasteiger partial charge in [0.05, 0.1) is 0 Å². The van der Waals surface area contributed by atoms with Crippen LogP contribution in [0.1, 0.15) is 35.3 Å². The number of carbonyl (C=O) groups excluding carboxylic acids is 1. The maximum absolute atomic E-state index is 12.4. The van der Waals surface area contributed by atoms with E-state index in [1.807, 2.05) is 72.8 Å². The van der Waals surface area contributed by atoms with Gasteiger partial charge in [-0.15, -0.1) is 0 Å². The summed E-state index contributed by atoms with van der Waals surface area (Å²) in [5, 5.41) is 0. The summed E-state index contributed by atoms with van der Waals surface area (Å²) < 4.78 is 0. The highest BCUT2D eigenvalue weighted by molar-refractivity contribution is 6.04. The molecule has 0 N–H and O–H groups in total. The second-order valence-corrected chi connectivity index (χ2v) is 7.18. The molecule has 3 aromatic rings. The second kappa shape index (κ2) is 8.46. The summed E-state index contributed by atoms with van der Waals surface area (Å²) in [6.45, 7) is 4.24. The van der Waals surface area contributed by atoms with Gasteiger partial charge < -0.3 is 0 Å². The highest BCUT2D eigenvalue weighted by Crippen LogP contribution is 2.30. The van der Waals surface area contributed by atoms with E-state index in [2.05, 4.69) is 44.2 Å². The van der Waals surface area contributed by atoms with Crippen molar-refractivity contribution in [3.8, 4) is 0 Å². The van der Waals surface area contributed by atoms with Crippen LogP contribution in [0.3, 0.4) is 0 Å². The molecule has 1 nitrogen and oxygen atoms in total. The van der Waals surface area contributed by atoms with Gasteiger partial charge in [0.25, 0.3) is 0 Å². The van der Waals surface area contributed by atoms with Crippen LogP contribution in [0.4, 0.5) is 0 Å². The summed E-state index contributed by atoms with van der Waals surface area (Å²) in [4.78, 5) is 12.4. The van der Waals surface area contributed by atoms with Gasteiger partial charge in [-0.1, -0.05) is 117 Å². The van der Waals surface area contributed by atoms with Gasteiger partial charge in [-0.2, -0.15) is 0 Å². The van der Waals surface area contributed by atoms with Gasteiger partial charge in [0, 0.05) is 11.0 Å². The minimum Gasteiger partial charge on any atom is -0.289 e. The van der Waals surface area contributed by atoms with E-state index in [1.165, 1.54) is 11.1 Å². The fourth-order valence-electron chi connectivity index (χ4n) is 2.98. The van der Waals surface area contributed by atoms with Crippen LogP contribution >= 0.6 is 0 Å². The van der Waals surface area contributed by atoms with Crippen LogP contribution in [0.2, 0.25) is 0 Å². The molecule has 0 spiro atoms. The predicted octanol–water partition coefficient (Wildman–Crippen LogP) is 6.58. The van der Waals surface area contributed by atoms with E-state index < -0.39 is 0 Å². The van der Waals surface area contributed by atoms with Crippen LogP contribution in [0.25, 0.3) is 5.57 Å². The van der Waals surface area contributed by atoms with E-state index in [4.69, 9.17) is 0 Å². The van der Waals surface area contributed by atoms with Gasteiger partial charge in [0.2, 0.25) is 0 Å². The first-order valence-electron chi connectivity index (χ1n) is 9.17. The Bertz CT molecular complexity index is 892. The molecule has 0 bridgehead atoms. The Morgan fingerprint density at radius 3 is 1.52 bits per heavy atom. The average molecular weight is 352 g/mol. The number of rotatable bonds is 6. The van der Waals surface area contributed by atoms with Gasteiger partial charge in [0.15, 0.2) is 5.78 Å². The van der Waals surface area contributed by atoms with Crippen molar-refractivity contribution in [2.45, 2.75) is 13.8 Å². The summed E-state index contributed by atoms with van der Waals surface area (Å²) in [7, 11) is 0. The molecule has 134 valence electrons. The van der Waals surface area contributed by atoms with E-state index in [0.29, 0.717) is 5.56 Å². The Morgan fingerprint density at radius 2 is 1.07 bits per heavy atom. The van der Waals surface area contributed by atoms with E-state index >= 15 is 0 Å². The molecule has 0 heterocycles. The van der Waals surface area contributed by atoms with Crippen molar-refractivity contribution in [1.82, 2.24) is 0 Å². The lowest BCUT2D eigenvalue weighted by atomic mass is 9.85. The van der Waals surface area contributed by atoms with Crippen molar-refractivity contribution in [1.29, 1.82) is 0 Å². The molecule has 3 rings (SSSR count). The smallest absolute Gasteiger partial charge is 0.185 e. The van der Waals surface area contributed by atoms with Crippen LogP contribution < -0.4 is 0 Å². The summed E-state index contributed by atoms with van der Waals surface area (Å²) in [6.07, 6.45) is 5.89. The minimum atomic E-state index is -0.272. The molecular formula is C26H24O. The molecule has 0 aliphatic heterocycles. The molecule has 0 saturated heterocycles. The fraction of sp³-hybridized carbons (Fsp3) is 0.115. The third-order valence-corrected chi connectivity index (χ3v) is 4.41. The van der Waals surface area contributed by atoms with Crippen LogP contribution in [0.15, 0.2) is 109 Å². The van der Waals surface area contributed by atoms with Gasteiger partial charge in [-0.25, -0.2) is 0 Å². The zero-order valence-corrected chi connectivity index (χ0v) is 15.8. The third-order valence-electron chi connectivity index (χ3n) is 4.41. The molecule has 0 fully saturated rings. The van der Waals surface area contributed by atoms with Crippen molar-refractivity contribution < 1.29 is 4.79 Å². The SMILES string of the molecule is CC(C)(C=C(c1ccccc1)c1ccccc1)/C=C/C(=O)c1ccccc1. The number of allylic oxidation sites excluding steroid dienone is 3. The first-order valence-corrected chi connectivity index (χ1v) is 9.17. The van der Waals surface area contributed by atoms with E-state index in [9.17, 15) is 4.79 Å². The molecule has 3 aromatic carbocycles. The van der Waals surface area contributed by atoms with Crippen molar-refractivity contribution in [2.75, 3.05) is 0 Å². The van der Waals surface area contributed by atoms with Crippen molar-refractivity contribution in [3.63, 3.8) is 0 Å². The number of benzene rings is 3. The predicted molar refractivity (Wildman–Crippen MR) is 114 cm³/mol. The van der Waals surface area contributed by atoms with E-state index in [-0.39, 0.29) is 11.2 Å².